The minimum absolute atomic E-state index is 0.173. The topological polar surface area (TPSA) is 17.8 Å². The third-order valence-corrected chi connectivity index (χ3v) is 5.38. The average molecular weight is 299 g/mol. The fourth-order valence-electron chi connectivity index (χ4n) is 2.44. The molecule has 19 heavy (non-hydrogen) atoms. The number of hydrogen-bond acceptors (Lipinski definition) is 2. The second-order valence-electron chi connectivity index (χ2n) is 5.19. The van der Waals surface area contributed by atoms with Gasteiger partial charge in [0.05, 0.1) is 16.4 Å². The minimum atomic E-state index is -0.226. The van der Waals surface area contributed by atoms with Crippen molar-refractivity contribution in [1.29, 1.82) is 0 Å². The number of hydrogen-bond donors (Lipinski definition) is 0. The van der Waals surface area contributed by atoms with Crippen LogP contribution >= 0.6 is 23.4 Å². The van der Waals surface area contributed by atoms with Crippen LogP contribution in [0, 0.1) is 5.82 Å². The highest BCUT2D eigenvalue weighted by Gasteiger charge is 2.43. The van der Waals surface area contributed by atoms with Crippen molar-refractivity contribution in [3.8, 4) is 0 Å². The van der Waals surface area contributed by atoms with E-state index in [4.69, 9.17) is 11.6 Å². The molecular weight excluding hydrogens is 283 g/mol. The Labute approximate surface area is 121 Å². The molecule has 102 valence electrons. The van der Waals surface area contributed by atoms with Crippen molar-refractivity contribution in [2.45, 2.75) is 36.4 Å². The molecule has 1 aliphatic rings. The van der Waals surface area contributed by atoms with Crippen LogP contribution in [0.3, 0.4) is 0 Å². The van der Waals surface area contributed by atoms with Gasteiger partial charge in [-0.1, -0.05) is 0 Å². The lowest BCUT2D eigenvalue weighted by Gasteiger charge is -2.17. The van der Waals surface area contributed by atoms with Gasteiger partial charge in [0.25, 0.3) is 0 Å². The second kappa shape index (κ2) is 4.67. The smallest absolute Gasteiger partial charge is 0.127 e. The molecule has 0 amide bonds. The molecule has 2 aromatic rings. The molecule has 0 bridgehead atoms. The van der Waals surface area contributed by atoms with Crippen molar-refractivity contribution < 1.29 is 4.39 Å². The van der Waals surface area contributed by atoms with Crippen molar-refractivity contribution >= 4 is 34.4 Å². The summed E-state index contributed by atoms with van der Waals surface area (Å²) in [6, 6.07) is 4.73. The van der Waals surface area contributed by atoms with Gasteiger partial charge in [0, 0.05) is 11.3 Å². The summed E-state index contributed by atoms with van der Waals surface area (Å²) < 4.78 is 15.9. The van der Waals surface area contributed by atoms with Crippen LogP contribution < -0.4 is 0 Å². The van der Waals surface area contributed by atoms with Crippen LogP contribution in [0.1, 0.15) is 31.0 Å². The number of imidazole rings is 1. The Balaban J connectivity index is 2.13. The van der Waals surface area contributed by atoms with Crippen molar-refractivity contribution in [3.63, 3.8) is 0 Å². The summed E-state index contributed by atoms with van der Waals surface area (Å²) in [7, 11) is 0. The van der Waals surface area contributed by atoms with Crippen molar-refractivity contribution in [2.75, 3.05) is 6.26 Å². The van der Waals surface area contributed by atoms with Gasteiger partial charge in [-0.25, -0.2) is 9.37 Å². The van der Waals surface area contributed by atoms with Gasteiger partial charge in [-0.2, -0.15) is 11.8 Å². The summed E-state index contributed by atoms with van der Waals surface area (Å²) in [5.41, 5.74) is 1.67. The highest BCUT2D eigenvalue weighted by molar-refractivity contribution is 8.00. The Morgan fingerprint density at radius 3 is 2.84 bits per heavy atom. The Morgan fingerprint density at radius 2 is 2.26 bits per heavy atom. The maximum atomic E-state index is 13.5. The third kappa shape index (κ3) is 2.36. The van der Waals surface area contributed by atoms with Crippen LogP contribution in [-0.2, 0) is 6.54 Å². The van der Waals surface area contributed by atoms with E-state index in [1.807, 2.05) is 18.7 Å². The standard InChI is InChI=1S/C14H16ClFN2S/c1-9(15)13-17-11-4-3-10(16)7-12(11)18(13)8-14(19-2)5-6-14/h3-4,7,9H,5-6,8H2,1-2H3. The number of fused-ring (bicyclic) bond motifs is 1. The van der Waals surface area contributed by atoms with Crippen molar-refractivity contribution in [1.82, 2.24) is 9.55 Å². The summed E-state index contributed by atoms with van der Waals surface area (Å²) in [5.74, 6) is 0.610. The van der Waals surface area contributed by atoms with Gasteiger partial charge >= 0.3 is 0 Å². The zero-order valence-electron chi connectivity index (χ0n) is 11.0. The van der Waals surface area contributed by atoms with E-state index in [1.165, 1.54) is 18.9 Å². The third-order valence-electron chi connectivity index (χ3n) is 3.78. The van der Waals surface area contributed by atoms with Crippen molar-refractivity contribution in [2.24, 2.45) is 0 Å². The molecule has 0 aliphatic heterocycles. The lowest BCUT2D eigenvalue weighted by atomic mass is 10.3. The number of benzene rings is 1. The molecule has 1 fully saturated rings. The van der Waals surface area contributed by atoms with Gasteiger partial charge < -0.3 is 4.57 Å². The molecule has 0 saturated heterocycles. The first kappa shape index (κ1) is 13.3. The summed E-state index contributed by atoms with van der Waals surface area (Å²) in [5, 5.41) is -0.173. The van der Waals surface area contributed by atoms with Crippen LogP contribution in [-0.4, -0.2) is 20.6 Å². The van der Waals surface area contributed by atoms with Gasteiger partial charge in [0.2, 0.25) is 0 Å². The number of alkyl halides is 1. The molecule has 1 aromatic carbocycles. The molecule has 0 radical (unpaired) electrons. The molecule has 5 heteroatoms. The van der Waals surface area contributed by atoms with E-state index in [9.17, 15) is 4.39 Å². The van der Waals surface area contributed by atoms with Crippen LogP contribution in [0.25, 0.3) is 11.0 Å². The van der Waals surface area contributed by atoms with Gasteiger partial charge in [-0.3, -0.25) is 0 Å². The summed E-state index contributed by atoms with van der Waals surface area (Å²) >= 11 is 8.11. The molecule has 1 aromatic heterocycles. The van der Waals surface area contributed by atoms with Crippen LogP contribution in [0.4, 0.5) is 4.39 Å². The molecule has 0 spiro atoms. The normalized spacial score (nSPS) is 18.7. The fourth-order valence-corrected chi connectivity index (χ4v) is 3.37. The highest BCUT2D eigenvalue weighted by Crippen LogP contribution is 2.49. The fraction of sp³-hybridized carbons (Fsp3) is 0.500. The molecule has 1 heterocycles. The first-order valence-corrected chi connectivity index (χ1v) is 8.06. The summed E-state index contributed by atoms with van der Waals surface area (Å²) in [6.07, 6.45) is 4.55. The number of nitrogens with zero attached hydrogens (tertiary/aromatic N) is 2. The first-order valence-electron chi connectivity index (χ1n) is 6.39. The largest absolute Gasteiger partial charge is 0.325 e. The Bertz CT molecular complexity index is 619. The first-order chi connectivity index (χ1) is 9.04. The Morgan fingerprint density at radius 1 is 1.53 bits per heavy atom. The quantitative estimate of drug-likeness (QED) is 0.780. The highest BCUT2D eigenvalue weighted by atomic mass is 35.5. The molecule has 1 saturated carbocycles. The zero-order valence-corrected chi connectivity index (χ0v) is 12.6. The van der Waals surface area contributed by atoms with Gasteiger partial charge in [0.15, 0.2) is 0 Å². The predicted octanol–water partition coefficient (Wildman–Crippen LogP) is 4.37. The van der Waals surface area contributed by atoms with Gasteiger partial charge in [-0.15, -0.1) is 11.6 Å². The van der Waals surface area contributed by atoms with E-state index in [2.05, 4.69) is 15.8 Å². The molecular formula is C14H16ClFN2S. The zero-order chi connectivity index (χ0) is 13.6. The average Bonchev–Trinajstić information content (AvgIpc) is 3.07. The molecule has 1 aliphatic carbocycles. The van der Waals surface area contributed by atoms with E-state index in [0.717, 1.165) is 23.4 Å². The van der Waals surface area contributed by atoms with E-state index < -0.39 is 0 Å². The SMILES string of the molecule is CSC1(Cn2c(C(C)Cl)nc3ccc(F)cc32)CC1. The maximum absolute atomic E-state index is 13.5. The number of halogens is 2. The monoisotopic (exact) mass is 298 g/mol. The van der Waals surface area contributed by atoms with E-state index >= 15 is 0 Å². The summed E-state index contributed by atoms with van der Waals surface area (Å²) in [6.45, 7) is 2.77. The van der Waals surface area contributed by atoms with Crippen LogP contribution in [0.5, 0.6) is 0 Å². The van der Waals surface area contributed by atoms with Gasteiger partial charge in [0.1, 0.15) is 11.6 Å². The predicted molar refractivity (Wildman–Crippen MR) is 79.4 cm³/mol. The van der Waals surface area contributed by atoms with E-state index in [0.29, 0.717) is 4.75 Å². The minimum Gasteiger partial charge on any atom is -0.325 e. The molecule has 1 unspecified atom stereocenters. The number of thioether (sulfide) groups is 1. The van der Waals surface area contributed by atoms with E-state index in [1.54, 1.807) is 12.1 Å². The molecule has 0 N–H and O–H groups in total. The molecule has 2 nitrogen and oxygen atoms in total. The Hall–Kier alpha value is -0.740. The second-order valence-corrected chi connectivity index (χ2v) is 7.12. The molecule has 3 rings (SSSR count). The van der Waals surface area contributed by atoms with Gasteiger partial charge in [-0.05, 0) is 44.2 Å². The number of aromatic nitrogens is 2. The molecule has 1 atom stereocenters. The lowest BCUT2D eigenvalue weighted by Crippen LogP contribution is -2.16. The van der Waals surface area contributed by atoms with Crippen LogP contribution in [0.15, 0.2) is 18.2 Å². The lowest BCUT2D eigenvalue weighted by molar-refractivity contribution is 0.620. The Kier molecular flexibility index (Phi) is 3.26. The van der Waals surface area contributed by atoms with Crippen molar-refractivity contribution in [3.05, 3.63) is 29.8 Å². The number of rotatable bonds is 4. The van der Waals surface area contributed by atoms with E-state index in [-0.39, 0.29) is 11.2 Å². The van der Waals surface area contributed by atoms with Crippen LogP contribution in [0.2, 0.25) is 0 Å². The summed E-state index contributed by atoms with van der Waals surface area (Å²) in [4.78, 5) is 4.55. The maximum Gasteiger partial charge on any atom is 0.127 e.